The predicted octanol–water partition coefficient (Wildman–Crippen LogP) is 1.24. The molecule has 0 spiro atoms. The van der Waals surface area contributed by atoms with E-state index < -0.39 is 10.0 Å². The molecule has 0 atom stereocenters. The molecule has 1 saturated heterocycles. The molecule has 0 unspecified atom stereocenters. The van der Waals surface area contributed by atoms with Crippen molar-refractivity contribution in [2.45, 2.75) is 4.90 Å². The number of likely N-dealkylation sites (N-methyl/N-ethyl adjacent to an activating group) is 1. The molecule has 5 nitrogen and oxygen atoms in total. The number of hydrogen-bond donors (Lipinski definition) is 0. The zero-order chi connectivity index (χ0) is 14.0. The topological polar surface area (TPSA) is 49.9 Å². The van der Waals surface area contributed by atoms with Gasteiger partial charge in [-0.25, -0.2) is 8.42 Å². The Morgan fingerprint density at radius 2 is 1.84 bits per heavy atom. The van der Waals surface area contributed by atoms with Crippen molar-refractivity contribution in [1.29, 1.82) is 0 Å². The lowest BCUT2D eigenvalue weighted by atomic mass is 10.3. The van der Waals surface area contributed by atoms with Crippen LogP contribution in [0.4, 0.5) is 0 Å². The van der Waals surface area contributed by atoms with Gasteiger partial charge >= 0.3 is 0 Å². The summed E-state index contributed by atoms with van der Waals surface area (Å²) in [6.45, 7) is 2.55. The number of benzene rings is 1. The van der Waals surface area contributed by atoms with Crippen LogP contribution in [0.3, 0.4) is 0 Å². The number of piperazine rings is 1. The van der Waals surface area contributed by atoms with Gasteiger partial charge in [-0.15, -0.1) is 0 Å². The van der Waals surface area contributed by atoms with E-state index in [0.717, 1.165) is 16.7 Å². The van der Waals surface area contributed by atoms with E-state index in [1.54, 1.807) is 12.1 Å². The van der Waals surface area contributed by atoms with Crippen LogP contribution in [0, 0.1) is 3.57 Å². The minimum atomic E-state index is -3.47. The molecule has 0 radical (unpaired) electrons. The van der Waals surface area contributed by atoms with Crippen molar-refractivity contribution in [2.24, 2.45) is 0 Å². The number of hydrogen-bond acceptors (Lipinski definition) is 4. The van der Waals surface area contributed by atoms with Crippen molar-refractivity contribution in [3.05, 3.63) is 21.8 Å². The molecule has 0 aromatic heterocycles. The second-order valence-corrected chi connectivity index (χ2v) is 7.65. The molecular weight excluding hydrogens is 379 g/mol. The Labute approximate surface area is 127 Å². The van der Waals surface area contributed by atoms with Crippen LogP contribution in [0.25, 0.3) is 0 Å². The summed E-state index contributed by atoms with van der Waals surface area (Å²) in [5.41, 5.74) is 0. The highest BCUT2D eigenvalue weighted by Gasteiger charge is 2.30. The van der Waals surface area contributed by atoms with Crippen molar-refractivity contribution in [3.8, 4) is 5.75 Å². The maximum atomic E-state index is 12.6. The normalized spacial score (nSPS) is 18.5. The Bertz CT molecular complexity index is 554. The Balaban J connectivity index is 2.36. The Hall–Kier alpha value is -0.380. The summed E-state index contributed by atoms with van der Waals surface area (Å²) in [6.07, 6.45) is 0. The van der Waals surface area contributed by atoms with Crippen LogP contribution in [-0.2, 0) is 10.0 Å². The first kappa shape index (κ1) is 15.0. The third-order valence-electron chi connectivity index (χ3n) is 3.21. The lowest BCUT2D eigenvalue weighted by molar-refractivity contribution is 0.222. The Kier molecular flexibility index (Phi) is 4.70. The molecule has 2 rings (SSSR count). The van der Waals surface area contributed by atoms with Crippen LogP contribution in [0.5, 0.6) is 5.75 Å². The van der Waals surface area contributed by atoms with E-state index in [1.165, 1.54) is 11.4 Å². The van der Waals surface area contributed by atoms with Crippen LogP contribution in [-0.4, -0.2) is 58.0 Å². The molecule has 7 heteroatoms. The summed E-state index contributed by atoms with van der Waals surface area (Å²) in [7, 11) is 0.0134. The van der Waals surface area contributed by atoms with Gasteiger partial charge < -0.3 is 9.64 Å². The van der Waals surface area contributed by atoms with Gasteiger partial charge in [0.25, 0.3) is 0 Å². The lowest BCUT2D eigenvalue weighted by Crippen LogP contribution is -2.47. The molecular formula is C12H17IN2O3S. The first-order valence-corrected chi connectivity index (χ1v) is 8.49. The molecule has 0 aliphatic carbocycles. The van der Waals surface area contributed by atoms with E-state index in [4.69, 9.17) is 4.74 Å². The van der Waals surface area contributed by atoms with Crippen molar-refractivity contribution in [1.82, 2.24) is 9.21 Å². The zero-order valence-corrected chi connectivity index (χ0v) is 13.9. The van der Waals surface area contributed by atoms with Gasteiger partial charge in [-0.2, -0.15) is 4.31 Å². The maximum absolute atomic E-state index is 12.6. The minimum absolute atomic E-state index is 0.256. The highest BCUT2D eigenvalue weighted by molar-refractivity contribution is 14.1. The lowest BCUT2D eigenvalue weighted by Gasteiger charge is -2.31. The van der Waals surface area contributed by atoms with Crippen molar-refractivity contribution in [2.75, 3.05) is 40.3 Å². The monoisotopic (exact) mass is 396 g/mol. The summed E-state index contributed by atoms with van der Waals surface area (Å²) in [4.78, 5) is 2.38. The summed E-state index contributed by atoms with van der Waals surface area (Å²) in [6, 6.07) is 5.19. The average Bonchev–Trinajstić information content (AvgIpc) is 2.39. The fourth-order valence-corrected chi connectivity index (χ4v) is 4.33. The molecule has 1 aliphatic rings. The van der Waals surface area contributed by atoms with Gasteiger partial charge in [-0.3, -0.25) is 0 Å². The fourth-order valence-electron chi connectivity index (χ4n) is 2.02. The zero-order valence-electron chi connectivity index (χ0n) is 11.0. The number of methoxy groups -OCH3 is 1. The standard InChI is InChI=1S/C12H17IN2O3S/c1-14-5-7-15(8-6-14)19(16,17)12-9-10(13)3-4-11(12)18-2/h3-4,9H,5-8H2,1-2H3. The SMILES string of the molecule is COc1ccc(I)cc1S(=O)(=O)N1CCN(C)CC1. The first-order chi connectivity index (χ1) is 8.95. The van der Waals surface area contributed by atoms with E-state index in [1.807, 2.05) is 13.1 Å². The van der Waals surface area contributed by atoms with Crippen LogP contribution < -0.4 is 4.74 Å². The molecule has 0 saturated carbocycles. The van der Waals surface area contributed by atoms with E-state index in [2.05, 4.69) is 27.5 Å². The van der Waals surface area contributed by atoms with Crippen molar-refractivity contribution in [3.63, 3.8) is 0 Å². The first-order valence-electron chi connectivity index (χ1n) is 5.97. The smallest absolute Gasteiger partial charge is 0.246 e. The molecule has 1 aromatic rings. The Morgan fingerprint density at radius 1 is 1.21 bits per heavy atom. The molecule has 0 bridgehead atoms. The third kappa shape index (κ3) is 3.21. The van der Waals surface area contributed by atoms with Gasteiger partial charge in [0.2, 0.25) is 10.0 Å². The Morgan fingerprint density at radius 3 is 2.42 bits per heavy atom. The van der Waals surface area contributed by atoms with Gasteiger partial charge in [0.05, 0.1) is 7.11 Å². The summed E-state index contributed by atoms with van der Waals surface area (Å²) in [5, 5.41) is 0. The van der Waals surface area contributed by atoms with Gasteiger partial charge in [0.15, 0.2) is 0 Å². The third-order valence-corrected chi connectivity index (χ3v) is 5.80. The molecule has 0 N–H and O–H groups in total. The van der Waals surface area contributed by atoms with Gasteiger partial charge in [-0.1, -0.05) is 0 Å². The molecule has 1 aromatic carbocycles. The van der Waals surface area contributed by atoms with Crippen LogP contribution in [0.15, 0.2) is 23.1 Å². The fraction of sp³-hybridized carbons (Fsp3) is 0.500. The summed E-state index contributed by atoms with van der Waals surface area (Å²) in [5.74, 6) is 0.402. The van der Waals surface area contributed by atoms with E-state index in [9.17, 15) is 8.42 Å². The van der Waals surface area contributed by atoms with Crippen molar-refractivity contribution >= 4 is 32.6 Å². The number of sulfonamides is 1. The van der Waals surface area contributed by atoms with E-state index >= 15 is 0 Å². The molecule has 1 aliphatic heterocycles. The maximum Gasteiger partial charge on any atom is 0.246 e. The highest BCUT2D eigenvalue weighted by Crippen LogP contribution is 2.28. The molecule has 19 heavy (non-hydrogen) atoms. The van der Waals surface area contributed by atoms with Gasteiger partial charge in [-0.05, 0) is 47.8 Å². The minimum Gasteiger partial charge on any atom is -0.495 e. The van der Waals surface area contributed by atoms with Crippen LogP contribution >= 0.6 is 22.6 Å². The van der Waals surface area contributed by atoms with Crippen LogP contribution in [0.2, 0.25) is 0 Å². The molecule has 106 valence electrons. The quantitative estimate of drug-likeness (QED) is 0.722. The average molecular weight is 396 g/mol. The van der Waals surface area contributed by atoms with E-state index in [-0.39, 0.29) is 4.90 Å². The summed E-state index contributed by atoms with van der Waals surface area (Å²) < 4.78 is 32.9. The second kappa shape index (κ2) is 5.94. The van der Waals surface area contributed by atoms with Crippen molar-refractivity contribution < 1.29 is 13.2 Å². The molecule has 1 heterocycles. The van der Waals surface area contributed by atoms with Gasteiger partial charge in [0.1, 0.15) is 10.6 Å². The highest BCUT2D eigenvalue weighted by atomic mass is 127. The number of nitrogens with zero attached hydrogens (tertiary/aromatic N) is 2. The molecule has 0 amide bonds. The number of rotatable bonds is 3. The number of ether oxygens (including phenoxy) is 1. The van der Waals surface area contributed by atoms with Gasteiger partial charge in [0, 0.05) is 29.7 Å². The largest absolute Gasteiger partial charge is 0.495 e. The van der Waals surface area contributed by atoms with E-state index in [0.29, 0.717) is 18.8 Å². The second-order valence-electron chi connectivity index (χ2n) is 4.50. The molecule has 1 fully saturated rings. The van der Waals surface area contributed by atoms with Crippen LogP contribution in [0.1, 0.15) is 0 Å². The predicted molar refractivity (Wildman–Crippen MR) is 82.0 cm³/mol. The number of halogens is 1. The summed E-state index contributed by atoms with van der Waals surface area (Å²) >= 11 is 2.11.